The normalized spacial score (nSPS) is 15.7. The molecule has 2 aliphatic rings. The van der Waals surface area contributed by atoms with E-state index in [4.69, 9.17) is 0 Å². The number of aryl methyl sites for hydroxylation is 2. The molecule has 0 fully saturated rings. The Morgan fingerprint density at radius 1 is 1.14 bits per heavy atom. The molecule has 0 bridgehead atoms. The lowest BCUT2D eigenvalue weighted by Crippen LogP contribution is -2.02. The lowest BCUT2D eigenvalue weighted by molar-refractivity contribution is -0.110. The van der Waals surface area contributed by atoms with Gasteiger partial charge in [-0.25, -0.2) is 0 Å². The average Bonchev–Trinajstić information content (AvgIpc) is 3.05. The highest BCUT2D eigenvalue weighted by atomic mass is 79.9. The summed E-state index contributed by atoms with van der Waals surface area (Å²) in [6, 6.07) is 7.84. The molecule has 1 aliphatic heterocycles. The lowest BCUT2D eigenvalue weighted by Gasteiger charge is -2.08. The summed E-state index contributed by atoms with van der Waals surface area (Å²) < 4.78 is 0.955. The van der Waals surface area contributed by atoms with Gasteiger partial charge in [-0.1, -0.05) is 28.6 Å². The van der Waals surface area contributed by atoms with Crippen LogP contribution in [0, 0.1) is 0 Å². The Morgan fingerprint density at radius 3 is 2.76 bits per heavy atom. The first kappa shape index (κ1) is 14.1. The van der Waals surface area contributed by atoms with Crippen LogP contribution in [0.2, 0.25) is 0 Å². The maximum atomic E-state index is 11.1. The smallest absolute Gasteiger partial charge is 0.255 e. The molecule has 2 aromatic rings. The number of halogens is 1. The van der Waals surface area contributed by atoms with Crippen LogP contribution in [0.15, 0.2) is 41.5 Å². The highest BCUT2D eigenvalue weighted by Crippen LogP contribution is 2.32. The largest absolute Gasteiger partial charge is 0.365 e. The number of aromatic nitrogens is 1. The van der Waals surface area contributed by atoms with Gasteiger partial charge in [0, 0.05) is 27.5 Å². The number of anilines is 1. The number of nitrogens with one attached hydrogen (secondary N) is 2. The Bertz CT molecular complexity index is 682. The van der Waals surface area contributed by atoms with Gasteiger partial charge in [0.1, 0.15) is 0 Å². The predicted octanol–water partition coefficient (Wildman–Crippen LogP) is 4.31. The molecule has 4 rings (SSSR count). The zero-order chi connectivity index (χ0) is 14.8. The number of aromatic amines is 1. The fourth-order valence-corrected chi connectivity index (χ4v) is 3.08. The van der Waals surface area contributed by atoms with Crippen LogP contribution in [-0.2, 0) is 17.6 Å². The van der Waals surface area contributed by atoms with Crippen molar-refractivity contribution in [2.45, 2.75) is 25.7 Å². The molecule has 1 aromatic carbocycles. The minimum Gasteiger partial charge on any atom is -0.365 e. The number of rotatable bonds is 0. The molecule has 2 heterocycles. The van der Waals surface area contributed by atoms with E-state index in [1.165, 1.54) is 31.4 Å². The minimum absolute atomic E-state index is 0.108. The van der Waals surface area contributed by atoms with E-state index in [1.807, 2.05) is 18.2 Å². The third kappa shape index (κ3) is 2.95. The number of carbonyl (C=O) groups excluding carboxylic acids is 1. The second-order valence-electron chi connectivity index (χ2n) is 5.31. The van der Waals surface area contributed by atoms with Crippen LogP contribution < -0.4 is 5.32 Å². The fourth-order valence-electron chi connectivity index (χ4n) is 2.72. The van der Waals surface area contributed by atoms with Gasteiger partial charge in [0.25, 0.3) is 5.91 Å². The first-order valence-corrected chi connectivity index (χ1v) is 7.90. The number of hydrogen-bond donors (Lipinski definition) is 2. The van der Waals surface area contributed by atoms with E-state index in [0.29, 0.717) is 5.57 Å². The molecule has 3 nitrogen and oxygen atoms in total. The van der Waals surface area contributed by atoms with E-state index >= 15 is 0 Å². The van der Waals surface area contributed by atoms with Gasteiger partial charge in [-0.15, -0.1) is 0 Å². The maximum absolute atomic E-state index is 11.1. The first-order chi connectivity index (χ1) is 10.1. The van der Waals surface area contributed by atoms with Crippen LogP contribution in [0.3, 0.4) is 0 Å². The van der Waals surface area contributed by atoms with Crippen LogP contribution in [0.4, 0.5) is 5.69 Å². The third-order valence-electron chi connectivity index (χ3n) is 3.88. The fraction of sp³-hybridized carbons (Fsp3) is 0.235. The molecule has 0 atom stereocenters. The third-order valence-corrected chi connectivity index (χ3v) is 4.37. The molecular weight excluding hydrogens is 328 g/mol. The van der Waals surface area contributed by atoms with Crippen molar-refractivity contribution in [3.05, 3.63) is 58.3 Å². The first-order valence-electron chi connectivity index (χ1n) is 7.10. The van der Waals surface area contributed by atoms with Crippen LogP contribution in [0.25, 0.3) is 5.57 Å². The van der Waals surface area contributed by atoms with E-state index in [1.54, 1.807) is 5.56 Å². The number of fused-ring (bicyclic) bond motifs is 2. The van der Waals surface area contributed by atoms with Crippen molar-refractivity contribution in [1.29, 1.82) is 0 Å². The second kappa shape index (κ2) is 5.90. The quantitative estimate of drug-likeness (QED) is 0.687. The number of amides is 1. The average molecular weight is 345 g/mol. The van der Waals surface area contributed by atoms with Crippen LogP contribution in [0.1, 0.15) is 29.7 Å². The van der Waals surface area contributed by atoms with Crippen molar-refractivity contribution in [3.63, 3.8) is 0 Å². The van der Waals surface area contributed by atoms with Gasteiger partial charge in [0.05, 0.1) is 5.69 Å². The van der Waals surface area contributed by atoms with Gasteiger partial charge < -0.3 is 10.3 Å². The Labute approximate surface area is 132 Å². The minimum atomic E-state index is -0.108. The lowest BCUT2D eigenvalue weighted by atomic mass is 9.98. The SMILES string of the molecule is C=C1C(=O)Nc2cc(Br)ccc21.c1cc2c([nH]1)CCCC2. The standard InChI is InChI=1S/C9H6BrNO.C8H11N/c1-5-7-3-2-6(10)4-8(7)11-9(5)12;1-2-4-8-7(3-1)5-6-9-8/h2-4H,1H2,(H,11,12);5-6,9H,1-4H2. The van der Waals surface area contributed by atoms with Crippen LogP contribution in [0.5, 0.6) is 0 Å². The Balaban J connectivity index is 0.000000131. The summed E-state index contributed by atoms with van der Waals surface area (Å²) in [6.45, 7) is 3.68. The van der Waals surface area contributed by atoms with Gasteiger partial charge in [0.15, 0.2) is 0 Å². The summed E-state index contributed by atoms with van der Waals surface area (Å²) in [5.74, 6) is -0.108. The molecule has 108 valence electrons. The van der Waals surface area contributed by atoms with E-state index in [0.717, 1.165) is 15.7 Å². The van der Waals surface area contributed by atoms with Gasteiger partial charge >= 0.3 is 0 Å². The molecule has 0 radical (unpaired) electrons. The van der Waals surface area contributed by atoms with Crippen molar-refractivity contribution >= 4 is 33.1 Å². The van der Waals surface area contributed by atoms with E-state index in [9.17, 15) is 4.79 Å². The maximum Gasteiger partial charge on any atom is 0.255 e. The molecule has 0 spiro atoms. The molecule has 1 amide bonds. The molecule has 1 aliphatic carbocycles. The van der Waals surface area contributed by atoms with E-state index in [2.05, 4.69) is 45.1 Å². The summed E-state index contributed by atoms with van der Waals surface area (Å²) in [6.07, 6.45) is 7.36. The molecule has 2 N–H and O–H groups in total. The van der Waals surface area contributed by atoms with Crippen molar-refractivity contribution in [3.8, 4) is 0 Å². The number of hydrogen-bond acceptors (Lipinski definition) is 1. The summed E-state index contributed by atoms with van der Waals surface area (Å²) in [5, 5.41) is 2.72. The predicted molar refractivity (Wildman–Crippen MR) is 89.2 cm³/mol. The molecule has 1 aromatic heterocycles. The Kier molecular flexibility index (Phi) is 3.97. The van der Waals surface area contributed by atoms with Crippen molar-refractivity contribution in [2.24, 2.45) is 0 Å². The molecule has 0 unspecified atom stereocenters. The van der Waals surface area contributed by atoms with Gasteiger partial charge in [-0.05, 0) is 49.4 Å². The van der Waals surface area contributed by atoms with Gasteiger partial charge in [-0.2, -0.15) is 0 Å². The molecule has 0 saturated carbocycles. The summed E-state index contributed by atoms with van der Waals surface area (Å²) in [4.78, 5) is 14.4. The molecular formula is C17H17BrN2O. The number of carbonyl (C=O) groups is 1. The zero-order valence-corrected chi connectivity index (χ0v) is 13.3. The molecule has 21 heavy (non-hydrogen) atoms. The molecule has 4 heteroatoms. The highest BCUT2D eigenvalue weighted by molar-refractivity contribution is 9.10. The monoisotopic (exact) mass is 344 g/mol. The van der Waals surface area contributed by atoms with E-state index < -0.39 is 0 Å². The summed E-state index contributed by atoms with van der Waals surface area (Å²) in [5.41, 5.74) is 5.28. The van der Waals surface area contributed by atoms with Crippen molar-refractivity contribution in [1.82, 2.24) is 4.98 Å². The number of H-pyrrole nitrogens is 1. The summed E-state index contributed by atoms with van der Waals surface area (Å²) >= 11 is 3.32. The van der Waals surface area contributed by atoms with Gasteiger partial charge in [0.2, 0.25) is 0 Å². The van der Waals surface area contributed by atoms with E-state index in [-0.39, 0.29) is 5.91 Å². The van der Waals surface area contributed by atoms with Crippen molar-refractivity contribution < 1.29 is 4.79 Å². The molecule has 0 saturated heterocycles. The van der Waals surface area contributed by atoms with Crippen LogP contribution in [-0.4, -0.2) is 10.9 Å². The summed E-state index contributed by atoms with van der Waals surface area (Å²) in [7, 11) is 0. The van der Waals surface area contributed by atoms with Gasteiger partial charge in [-0.3, -0.25) is 4.79 Å². The Morgan fingerprint density at radius 2 is 1.95 bits per heavy atom. The Hall–Kier alpha value is -1.81. The van der Waals surface area contributed by atoms with Crippen LogP contribution >= 0.6 is 15.9 Å². The van der Waals surface area contributed by atoms with Crippen molar-refractivity contribution in [2.75, 3.05) is 5.32 Å². The number of benzene rings is 1. The highest BCUT2D eigenvalue weighted by Gasteiger charge is 2.21. The topological polar surface area (TPSA) is 44.9 Å². The second-order valence-corrected chi connectivity index (χ2v) is 6.23. The zero-order valence-electron chi connectivity index (χ0n) is 11.7.